The quantitative estimate of drug-likeness (QED) is 0.861. The molecule has 6 heteroatoms. The number of anilines is 1. The monoisotopic (exact) mass is 263 g/mol. The molecule has 0 radical (unpaired) electrons. The van der Waals surface area contributed by atoms with E-state index in [9.17, 15) is 5.11 Å². The normalized spacial score (nSPS) is 23.9. The van der Waals surface area contributed by atoms with E-state index < -0.39 is 0 Å². The summed E-state index contributed by atoms with van der Waals surface area (Å²) in [6.07, 6.45) is 3.69. The third-order valence-corrected chi connectivity index (χ3v) is 3.59. The van der Waals surface area contributed by atoms with E-state index in [4.69, 9.17) is 5.73 Å². The van der Waals surface area contributed by atoms with Crippen LogP contribution in [0.2, 0.25) is 0 Å². The third kappa shape index (κ3) is 3.59. The Bertz CT molecular complexity index is 328. The van der Waals surface area contributed by atoms with Crippen LogP contribution in [0.4, 0.5) is 5.13 Å². The summed E-state index contributed by atoms with van der Waals surface area (Å²) in [6, 6.07) is 0. The van der Waals surface area contributed by atoms with E-state index in [2.05, 4.69) is 16.9 Å². The highest BCUT2D eigenvalue weighted by Gasteiger charge is 2.27. The van der Waals surface area contributed by atoms with Crippen molar-refractivity contribution in [1.29, 1.82) is 0 Å². The number of aliphatic hydroxyl groups excluding tert-OH is 1. The Labute approximate surface area is 106 Å². The highest BCUT2D eigenvalue weighted by Crippen LogP contribution is 2.28. The first-order valence-corrected chi connectivity index (χ1v) is 6.02. The minimum atomic E-state index is -0.0533. The number of aromatic nitrogens is 1. The summed E-state index contributed by atoms with van der Waals surface area (Å²) in [5.74, 6) is 0.662. The number of nitrogens with zero attached hydrogens (tertiary/aromatic N) is 2. The average Bonchev–Trinajstić information content (AvgIpc) is 2.48. The zero-order valence-corrected chi connectivity index (χ0v) is 10.9. The van der Waals surface area contributed by atoms with Crippen LogP contribution in [0.1, 0.15) is 17.7 Å². The molecule has 0 aromatic carbocycles. The fourth-order valence-electron chi connectivity index (χ4n) is 2.02. The Hall–Kier alpha value is -0.360. The molecule has 1 saturated carbocycles. The van der Waals surface area contributed by atoms with Crippen LogP contribution >= 0.6 is 23.7 Å². The molecule has 0 atom stereocenters. The van der Waals surface area contributed by atoms with Crippen molar-refractivity contribution in [1.82, 2.24) is 9.88 Å². The molecule has 4 nitrogen and oxygen atoms in total. The van der Waals surface area contributed by atoms with Crippen LogP contribution in [0.15, 0.2) is 6.20 Å². The van der Waals surface area contributed by atoms with Crippen molar-refractivity contribution in [2.75, 3.05) is 19.3 Å². The van der Waals surface area contributed by atoms with Gasteiger partial charge in [-0.15, -0.1) is 23.7 Å². The lowest BCUT2D eigenvalue weighted by molar-refractivity contribution is 0.0275. The first-order chi connectivity index (χ1) is 7.13. The van der Waals surface area contributed by atoms with Crippen LogP contribution in [0.5, 0.6) is 0 Å². The summed E-state index contributed by atoms with van der Waals surface area (Å²) in [4.78, 5) is 7.50. The van der Waals surface area contributed by atoms with Crippen molar-refractivity contribution in [3.8, 4) is 0 Å². The summed E-state index contributed by atoms with van der Waals surface area (Å²) in [7, 11) is 2.10. The maximum atomic E-state index is 9.18. The molecule has 0 unspecified atom stereocenters. The topological polar surface area (TPSA) is 62.4 Å². The molecule has 1 aromatic rings. The summed E-state index contributed by atoms with van der Waals surface area (Å²) in [6.45, 7) is 1.95. The lowest BCUT2D eigenvalue weighted by atomic mass is 9.82. The lowest BCUT2D eigenvalue weighted by Crippen LogP contribution is -2.36. The number of hydrogen-bond donors (Lipinski definition) is 2. The molecular weight excluding hydrogens is 246 g/mol. The fraction of sp³-hybridized carbons (Fsp3) is 0.700. The molecule has 2 rings (SSSR count). The zero-order chi connectivity index (χ0) is 10.8. The molecule has 0 aliphatic heterocycles. The average molecular weight is 264 g/mol. The fourth-order valence-corrected chi connectivity index (χ4v) is 2.78. The summed E-state index contributed by atoms with van der Waals surface area (Å²) in [5.41, 5.74) is 5.57. The summed E-state index contributed by atoms with van der Waals surface area (Å²) >= 11 is 1.54. The van der Waals surface area contributed by atoms with Crippen LogP contribution in [0.25, 0.3) is 0 Å². The molecule has 1 fully saturated rings. The van der Waals surface area contributed by atoms with Crippen molar-refractivity contribution >= 4 is 28.9 Å². The number of rotatable bonds is 4. The Balaban J connectivity index is 0.00000128. The minimum absolute atomic E-state index is 0. The second-order valence-electron chi connectivity index (χ2n) is 4.35. The number of hydrogen-bond acceptors (Lipinski definition) is 5. The molecule has 1 aromatic heterocycles. The standard InChI is InChI=1S/C10H17N3OS.ClH/c1-13(5-7-2-8(14)3-7)6-9-4-12-10(11)15-9;/h4,7-8,14H,2-3,5-6H2,1H3,(H2,11,12);1H. The molecule has 1 aliphatic rings. The van der Waals surface area contributed by atoms with Crippen LogP contribution in [0, 0.1) is 5.92 Å². The third-order valence-electron chi connectivity index (χ3n) is 2.78. The van der Waals surface area contributed by atoms with Gasteiger partial charge < -0.3 is 15.7 Å². The van der Waals surface area contributed by atoms with E-state index in [1.165, 1.54) is 4.88 Å². The summed E-state index contributed by atoms with van der Waals surface area (Å²) in [5, 5.41) is 9.82. The van der Waals surface area contributed by atoms with E-state index in [0.717, 1.165) is 25.9 Å². The van der Waals surface area contributed by atoms with Gasteiger partial charge in [0.05, 0.1) is 6.10 Å². The summed E-state index contributed by atoms with van der Waals surface area (Å²) < 4.78 is 0. The van der Waals surface area contributed by atoms with Gasteiger partial charge in [-0.05, 0) is 25.8 Å². The maximum Gasteiger partial charge on any atom is 0.180 e. The number of nitrogens with two attached hydrogens (primary N) is 1. The van der Waals surface area contributed by atoms with Crippen LogP contribution < -0.4 is 5.73 Å². The number of halogens is 1. The Morgan fingerprint density at radius 1 is 1.62 bits per heavy atom. The first-order valence-electron chi connectivity index (χ1n) is 5.20. The van der Waals surface area contributed by atoms with Crippen molar-refractivity contribution in [2.45, 2.75) is 25.5 Å². The molecule has 16 heavy (non-hydrogen) atoms. The molecule has 3 N–H and O–H groups in total. The van der Waals surface area contributed by atoms with Crippen LogP contribution in [-0.2, 0) is 6.54 Å². The van der Waals surface area contributed by atoms with Gasteiger partial charge in [-0.1, -0.05) is 0 Å². The van der Waals surface area contributed by atoms with E-state index in [-0.39, 0.29) is 18.5 Å². The van der Waals surface area contributed by atoms with Gasteiger partial charge in [-0.25, -0.2) is 4.98 Å². The van der Waals surface area contributed by atoms with Crippen molar-refractivity contribution in [3.05, 3.63) is 11.1 Å². The zero-order valence-electron chi connectivity index (χ0n) is 9.30. The van der Waals surface area contributed by atoms with Crippen molar-refractivity contribution < 1.29 is 5.11 Å². The van der Waals surface area contributed by atoms with E-state index in [1.807, 2.05) is 6.20 Å². The molecule has 0 spiro atoms. The van der Waals surface area contributed by atoms with Gasteiger partial charge >= 0.3 is 0 Å². The van der Waals surface area contributed by atoms with Gasteiger partial charge in [-0.3, -0.25) is 0 Å². The SMILES string of the molecule is CN(Cc1cnc(N)s1)CC1CC(O)C1.Cl. The molecule has 1 aliphatic carbocycles. The first kappa shape index (κ1) is 13.7. The number of aliphatic hydroxyl groups is 1. The van der Waals surface area contributed by atoms with Gasteiger partial charge in [0, 0.05) is 24.2 Å². The molecule has 92 valence electrons. The highest BCUT2D eigenvalue weighted by atomic mass is 35.5. The van der Waals surface area contributed by atoms with E-state index >= 15 is 0 Å². The number of thiazole rings is 1. The van der Waals surface area contributed by atoms with Crippen LogP contribution in [0.3, 0.4) is 0 Å². The molecule has 1 heterocycles. The van der Waals surface area contributed by atoms with Gasteiger partial charge in [0.1, 0.15) is 0 Å². The molecular formula is C10H18ClN3OS. The largest absolute Gasteiger partial charge is 0.393 e. The molecule has 0 amide bonds. The van der Waals surface area contributed by atoms with Gasteiger partial charge in [0.25, 0.3) is 0 Å². The minimum Gasteiger partial charge on any atom is -0.393 e. The Morgan fingerprint density at radius 2 is 2.31 bits per heavy atom. The van der Waals surface area contributed by atoms with E-state index in [0.29, 0.717) is 11.0 Å². The van der Waals surface area contributed by atoms with Gasteiger partial charge in [-0.2, -0.15) is 0 Å². The maximum absolute atomic E-state index is 9.18. The van der Waals surface area contributed by atoms with Gasteiger partial charge in [0.15, 0.2) is 5.13 Å². The van der Waals surface area contributed by atoms with Gasteiger partial charge in [0.2, 0.25) is 0 Å². The Morgan fingerprint density at radius 3 is 2.81 bits per heavy atom. The predicted octanol–water partition coefficient (Wildman–Crippen LogP) is 1.35. The smallest absolute Gasteiger partial charge is 0.180 e. The second-order valence-corrected chi connectivity index (χ2v) is 5.50. The van der Waals surface area contributed by atoms with Crippen molar-refractivity contribution in [2.24, 2.45) is 5.92 Å². The molecule has 0 bridgehead atoms. The number of nitrogen functional groups attached to an aromatic ring is 1. The highest BCUT2D eigenvalue weighted by molar-refractivity contribution is 7.15. The second kappa shape index (κ2) is 5.82. The molecule has 0 saturated heterocycles. The lowest BCUT2D eigenvalue weighted by Gasteiger charge is -2.34. The van der Waals surface area contributed by atoms with Crippen molar-refractivity contribution in [3.63, 3.8) is 0 Å². The van der Waals surface area contributed by atoms with Crippen LogP contribution in [-0.4, -0.2) is 34.7 Å². The predicted molar refractivity (Wildman–Crippen MR) is 68.8 cm³/mol. The van der Waals surface area contributed by atoms with E-state index in [1.54, 1.807) is 11.3 Å². The Kier molecular flexibility index (Phi) is 4.98.